The summed E-state index contributed by atoms with van der Waals surface area (Å²) < 4.78 is 5.82. The Morgan fingerprint density at radius 2 is 2.03 bits per heavy atom. The van der Waals surface area contributed by atoms with Crippen LogP contribution < -0.4 is 10.1 Å². The first-order valence-corrected chi connectivity index (χ1v) is 11.8. The minimum absolute atomic E-state index is 0.128. The van der Waals surface area contributed by atoms with Crippen LogP contribution in [0.3, 0.4) is 0 Å². The molecule has 2 saturated carbocycles. The normalized spacial score (nSPS) is 38.3. The van der Waals surface area contributed by atoms with Crippen LogP contribution in [0.4, 0.5) is 0 Å². The first-order valence-electron chi connectivity index (χ1n) is 11.8. The summed E-state index contributed by atoms with van der Waals surface area (Å²) in [6.07, 6.45) is 12.1. The van der Waals surface area contributed by atoms with Gasteiger partial charge < -0.3 is 15.2 Å². The molecule has 1 aromatic rings. The SMILES string of the molecule is C#CC1(O)CCC2C3CCc4cc(OC)c(CN5CCNCC5)cc4C3CCC21C. The molecule has 5 rings (SSSR count). The van der Waals surface area contributed by atoms with E-state index in [9.17, 15) is 5.11 Å². The fraction of sp³-hybridized carbons (Fsp3) is 0.692. The van der Waals surface area contributed by atoms with Crippen molar-refractivity contribution < 1.29 is 9.84 Å². The predicted octanol–water partition coefficient (Wildman–Crippen LogP) is 3.32. The van der Waals surface area contributed by atoms with E-state index >= 15 is 0 Å². The van der Waals surface area contributed by atoms with Crippen molar-refractivity contribution in [2.24, 2.45) is 17.3 Å². The number of terminal acetylenes is 1. The quantitative estimate of drug-likeness (QED) is 0.753. The third kappa shape index (κ3) is 3.01. The second kappa shape index (κ2) is 7.55. The molecule has 1 saturated heterocycles. The highest BCUT2D eigenvalue weighted by atomic mass is 16.5. The van der Waals surface area contributed by atoms with Crippen molar-refractivity contribution in [3.63, 3.8) is 0 Å². The Bertz CT molecular complexity index is 855. The van der Waals surface area contributed by atoms with Crippen LogP contribution in [0, 0.1) is 29.6 Å². The average Bonchev–Trinajstić information content (AvgIpc) is 3.05. The summed E-state index contributed by atoms with van der Waals surface area (Å²) in [4.78, 5) is 2.53. The Hall–Kier alpha value is -1.54. The van der Waals surface area contributed by atoms with Gasteiger partial charge in [0.1, 0.15) is 11.4 Å². The molecule has 1 heterocycles. The van der Waals surface area contributed by atoms with Crippen LogP contribution in [0.5, 0.6) is 5.75 Å². The van der Waals surface area contributed by atoms with Crippen molar-refractivity contribution in [2.45, 2.75) is 63.5 Å². The van der Waals surface area contributed by atoms with E-state index in [2.05, 4.69) is 35.2 Å². The number of piperazine rings is 1. The number of ether oxygens (including phenoxy) is 1. The molecule has 5 unspecified atom stereocenters. The number of methoxy groups -OCH3 is 1. The summed E-state index contributed by atoms with van der Waals surface area (Å²) in [5, 5.41) is 14.6. The van der Waals surface area contributed by atoms with E-state index in [1.165, 1.54) is 17.5 Å². The fourth-order valence-electron chi connectivity index (χ4n) is 7.32. The van der Waals surface area contributed by atoms with E-state index in [-0.39, 0.29) is 5.41 Å². The molecule has 1 aliphatic heterocycles. The zero-order valence-corrected chi connectivity index (χ0v) is 18.5. The van der Waals surface area contributed by atoms with E-state index in [4.69, 9.17) is 11.2 Å². The molecule has 2 N–H and O–H groups in total. The number of aliphatic hydroxyl groups is 1. The number of benzene rings is 1. The van der Waals surface area contributed by atoms with Gasteiger partial charge in [-0.3, -0.25) is 4.90 Å². The standard InChI is InChI=1S/C26H36N2O2/c1-4-26(29)10-8-23-21-6-5-18-16-24(30-3)19(17-28-13-11-27-12-14-28)15-22(18)20(21)7-9-25(23,26)2/h1,15-16,20-21,23,27,29H,5-14,17H2,2-3H3. The molecular weight excluding hydrogens is 372 g/mol. The molecular formula is C26H36N2O2. The lowest BCUT2D eigenvalue weighted by atomic mass is 9.53. The van der Waals surface area contributed by atoms with E-state index in [1.807, 2.05) is 0 Å². The van der Waals surface area contributed by atoms with Crippen LogP contribution in [-0.2, 0) is 13.0 Å². The molecule has 4 nitrogen and oxygen atoms in total. The summed E-state index contributed by atoms with van der Waals surface area (Å²) in [6, 6.07) is 4.79. The molecule has 0 aromatic heterocycles. The van der Waals surface area contributed by atoms with Gasteiger partial charge in [0, 0.05) is 43.7 Å². The third-order valence-electron chi connectivity index (χ3n) is 9.12. The highest BCUT2D eigenvalue weighted by molar-refractivity contribution is 5.46. The summed E-state index contributed by atoms with van der Waals surface area (Å²) in [6.45, 7) is 7.55. The average molecular weight is 409 g/mol. The number of nitrogens with zero attached hydrogens (tertiary/aromatic N) is 1. The Kier molecular flexibility index (Phi) is 5.13. The van der Waals surface area contributed by atoms with Crippen molar-refractivity contribution in [2.75, 3.05) is 33.3 Å². The topological polar surface area (TPSA) is 44.7 Å². The number of hydrogen-bond acceptors (Lipinski definition) is 4. The molecule has 3 fully saturated rings. The van der Waals surface area contributed by atoms with Gasteiger partial charge in [-0.2, -0.15) is 0 Å². The van der Waals surface area contributed by atoms with Crippen LogP contribution in [0.2, 0.25) is 0 Å². The van der Waals surface area contributed by atoms with Gasteiger partial charge in [0.15, 0.2) is 0 Å². The number of rotatable bonds is 3. The van der Waals surface area contributed by atoms with Gasteiger partial charge in [0.2, 0.25) is 0 Å². The number of hydrogen-bond donors (Lipinski definition) is 2. The predicted molar refractivity (Wildman–Crippen MR) is 120 cm³/mol. The van der Waals surface area contributed by atoms with E-state index in [0.29, 0.717) is 17.8 Å². The molecule has 30 heavy (non-hydrogen) atoms. The van der Waals surface area contributed by atoms with Crippen molar-refractivity contribution in [1.82, 2.24) is 10.2 Å². The Labute approximate surface area is 181 Å². The molecule has 162 valence electrons. The lowest BCUT2D eigenvalue weighted by molar-refractivity contribution is -0.0647. The Balaban J connectivity index is 1.46. The van der Waals surface area contributed by atoms with Gasteiger partial charge in [0.25, 0.3) is 0 Å². The molecule has 5 atom stereocenters. The smallest absolute Gasteiger partial charge is 0.130 e. The second-order valence-corrected chi connectivity index (χ2v) is 10.3. The minimum atomic E-state index is -0.920. The fourth-order valence-corrected chi connectivity index (χ4v) is 7.32. The number of nitrogens with one attached hydrogen (secondary N) is 1. The lowest BCUT2D eigenvalue weighted by Gasteiger charge is -2.52. The maximum absolute atomic E-state index is 11.2. The van der Waals surface area contributed by atoms with Gasteiger partial charge >= 0.3 is 0 Å². The maximum Gasteiger partial charge on any atom is 0.130 e. The Morgan fingerprint density at radius 3 is 2.77 bits per heavy atom. The molecule has 0 bridgehead atoms. The third-order valence-corrected chi connectivity index (χ3v) is 9.12. The van der Waals surface area contributed by atoms with Crippen LogP contribution in [0.15, 0.2) is 12.1 Å². The number of fused-ring (bicyclic) bond motifs is 5. The molecule has 0 amide bonds. The summed E-state index contributed by atoms with van der Waals surface area (Å²) in [5.74, 6) is 5.61. The lowest BCUT2D eigenvalue weighted by Crippen LogP contribution is -2.50. The van der Waals surface area contributed by atoms with Crippen molar-refractivity contribution in [1.29, 1.82) is 0 Å². The van der Waals surface area contributed by atoms with Gasteiger partial charge in [-0.1, -0.05) is 18.9 Å². The highest BCUT2D eigenvalue weighted by Gasteiger charge is 2.61. The second-order valence-electron chi connectivity index (χ2n) is 10.3. The van der Waals surface area contributed by atoms with Gasteiger partial charge in [0.05, 0.1) is 7.11 Å². The minimum Gasteiger partial charge on any atom is -0.496 e. The van der Waals surface area contributed by atoms with Crippen LogP contribution in [0.25, 0.3) is 0 Å². The van der Waals surface area contributed by atoms with E-state index < -0.39 is 5.60 Å². The summed E-state index contributed by atoms with van der Waals surface area (Å²) in [5.41, 5.74) is 3.31. The van der Waals surface area contributed by atoms with E-state index in [0.717, 1.165) is 70.6 Å². The first kappa shape index (κ1) is 20.4. The van der Waals surface area contributed by atoms with Crippen molar-refractivity contribution >= 4 is 0 Å². The molecule has 0 spiro atoms. The Morgan fingerprint density at radius 1 is 1.23 bits per heavy atom. The van der Waals surface area contributed by atoms with Crippen molar-refractivity contribution in [3.8, 4) is 18.1 Å². The van der Waals surface area contributed by atoms with Crippen LogP contribution in [-0.4, -0.2) is 48.9 Å². The van der Waals surface area contributed by atoms with Crippen LogP contribution >= 0.6 is 0 Å². The molecule has 0 radical (unpaired) electrons. The summed E-state index contributed by atoms with van der Waals surface area (Å²) in [7, 11) is 1.81. The summed E-state index contributed by atoms with van der Waals surface area (Å²) >= 11 is 0. The van der Waals surface area contributed by atoms with Gasteiger partial charge in [-0.25, -0.2) is 0 Å². The molecule has 4 aliphatic rings. The molecule has 3 aliphatic carbocycles. The first-order chi connectivity index (χ1) is 14.5. The highest BCUT2D eigenvalue weighted by Crippen LogP contribution is 2.64. The van der Waals surface area contributed by atoms with Crippen molar-refractivity contribution in [3.05, 3.63) is 28.8 Å². The monoisotopic (exact) mass is 408 g/mol. The largest absolute Gasteiger partial charge is 0.496 e. The molecule has 1 aromatic carbocycles. The van der Waals surface area contributed by atoms with Gasteiger partial charge in [-0.05, 0) is 73.5 Å². The van der Waals surface area contributed by atoms with Crippen LogP contribution in [0.1, 0.15) is 61.6 Å². The maximum atomic E-state index is 11.2. The van der Waals surface area contributed by atoms with Gasteiger partial charge in [-0.15, -0.1) is 6.42 Å². The number of aryl methyl sites for hydroxylation is 1. The zero-order chi connectivity index (χ0) is 20.9. The zero-order valence-electron chi connectivity index (χ0n) is 18.5. The van der Waals surface area contributed by atoms with E-state index in [1.54, 1.807) is 12.7 Å². The molecule has 4 heteroatoms.